The van der Waals surface area contributed by atoms with E-state index in [1.165, 1.54) is 10.7 Å². The molecule has 0 radical (unpaired) electrons. The van der Waals surface area contributed by atoms with E-state index in [4.69, 9.17) is 4.74 Å². The molecule has 0 saturated carbocycles. The van der Waals surface area contributed by atoms with E-state index in [0.717, 1.165) is 25.0 Å². The molecule has 0 aliphatic carbocycles. The highest BCUT2D eigenvalue weighted by Crippen LogP contribution is 2.21. The number of carbonyl (C=O) groups excluding carboxylic acids is 2. The minimum Gasteiger partial charge on any atom is -0.466 e. The lowest BCUT2D eigenvalue weighted by atomic mass is 9.98. The highest BCUT2D eigenvalue weighted by atomic mass is 16.5. The van der Waals surface area contributed by atoms with E-state index in [-0.39, 0.29) is 29.9 Å². The molecule has 1 unspecified atom stereocenters. The van der Waals surface area contributed by atoms with Gasteiger partial charge in [0.2, 0.25) is 0 Å². The molecule has 0 spiro atoms. The third-order valence-corrected chi connectivity index (χ3v) is 4.45. The number of hydrogen-bond donors (Lipinski definition) is 1. The standard InChI is InChI=1S/C17H22N4O4/c1-3-25-15(22)9-12-6-4-5-7-20(12)16(23)13-10-18-14-8-11(2)19-21(14)17(13)24/h8,10,12,19H,3-7,9H2,1-2H3. The van der Waals surface area contributed by atoms with Crippen molar-refractivity contribution in [3.05, 3.63) is 33.9 Å². The zero-order valence-corrected chi connectivity index (χ0v) is 14.4. The van der Waals surface area contributed by atoms with Gasteiger partial charge < -0.3 is 9.64 Å². The molecular formula is C17H22N4O4. The minimum absolute atomic E-state index is 0.00936. The molecule has 1 saturated heterocycles. The number of carbonyl (C=O) groups is 2. The summed E-state index contributed by atoms with van der Waals surface area (Å²) in [6.45, 7) is 4.40. The van der Waals surface area contributed by atoms with Crippen LogP contribution >= 0.6 is 0 Å². The zero-order valence-electron chi connectivity index (χ0n) is 14.4. The van der Waals surface area contributed by atoms with Crippen molar-refractivity contribution in [2.75, 3.05) is 13.2 Å². The number of aromatic nitrogens is 3. The van der Waals surface area contributed by atoms with Gasteiger partial charge in [0.25, 0.3) is 11.5 Å². The monoisotopic (exact) mass is 346 g/mol. The number of fused-ring (bicyclic) bond motifs is 1. The van der Waals surface area contributed by atoms with Crippen LogP contribution in [0.2, 0.25) is 0 Å². The lowest BCUT2D eigenvalue weighted by molar-refractivity contribution is -0.144. The summed E-state index contributed by atoms with van der Waals surface area (Å²) in [6.07, 6.45) is 3.99. The van der Waals surface area contributed by atoms with Crippen molar-refractivity contribution in [2.45, 2.75) is 45.6 Å². The molecule has 25 heavy (non-hydrogen) atoms. The molecule has 1 aliphatic heterocycles. The maximum atomic E-state index is 12.9. The van der Waals surface area contributed by atoms with E-state index in [9.17, 15) is 14.4 Å². The number of nitrogens with one attached hydrogen (secondary N) is 1. The molecule has 3 rings (SSSR count). The summed E-state index contributed by atoms with van der Waals surface area (Å²) in [5.41, 5.74) is 0.840. The minimum atomic E-state index is -0.427. The topological polar surface area (TPSA) is 96.8 Å². The number of hydrogen-bond acceptors (Lipinski definition) is 5. The van der Waals surface area contributed by atoms with Gasteiger partial charge in [0, 0.05) is 30.5 Å². The van der Waals surface area contributed by atoms with Crippen LogP contribution in [0, 0.1) is 6.92 Å². The second kappa shape index (κ2) is 7.08. The van der Waals surface area contributed by atoms with Crippen LogP contribution in [-0.4, -0.2) is 50.6 Å². The predicted molar refractivity (Wildman–Crippen MR) is 90.5 cm³/mol. The van der Waals surface area contributed by atoms with Crippen molar-refractivity contribution in [2.24, 2.45) is 0 Å². The maximum Gasteiger partial charge on any atom is 0.307 e. The molecule has 1 aliphatic rings. The molecule has 3 heterocycles. The fourth-order valence-electron chi connectivity index (χ4n) is 3.27. The average Bonchev–Trinajstić information content (AvgIpc) is 2.97. The molecule has 0 aromatic carbocycles. The number of esters is 1. The van der Waals surface area contributed by atoms with Crippen LogP contribution < -0.4 is 5.56 Å². The maximum absolute atomic E-state index is 12.9. The Balaban J connectivity index is 1.88. The summed E-state index contributed by atoms with van der Waals surface area (Å²) >= 11 is 0. The second-order valence-corrected chi connectivity index (χ2v) is 6.27. The van der Waals surface area contributed by atoms with Crippen LogP contribution in [0.3, 0.4) is 0 Å². The van der Waals surface area contributed by atoms with Gasteiger partial charge in [-0.05, 0) is 33.1 Å². The number of amides is 1. The first kappa shape index (κ1) is 17.2. The first-order valence-corrected chi connectivity index (χ1v) is 8.55. The third-order valence-electron chi connectivity index (χ3n) is 4.45. The van der Waals surface area contributed by atoms with Crippen LogP contribution in [0.25, 0.3) is 5.65 Å². The van der Waals surface area contributed by atoms with E-state index < -0.39 is 5.56 Å². The molecule has 1 amide bonds. The Kier molecular flexibility index (Phi) is 4.87. The van der Waals surface area contributed by atoms with E-state index in [2.05, 4.69) is 10.1 Å². The molecule has 1 fully saturated rings. The van der Waals surface area contributed by atoms with Crippen LogP contribution in [0.15, 0.2) is 17.1 Å². The van der Waals surface area contributed by atoms with Gasteiger partial charge in [-0.2, -0.15) is 0 Å². The molecule has 2 aromatic heterocycles. The molecular weight excluding hydrogens is 324 g/mol. The Labute approximate surface area is 144 Å². The predicted octanol–water partition coefficient (Wildman–Crippen LogP) is 1.28. The van der Waals surface area contributed by atoms with E-state index in [1.54, 1.807) is 17.9 Å². The zero-order chi connectivity index (χ0) is 18.0. The van der Waals surface area contributed by atoms with Gasteiger partial charge >= 0.3 is 5.97 Å². The average molecular weight is 346 g/mol. The number of H-pyrrole nitrogens is 1. The SMILES string of the molecule is CCOC(=O)CC1CCCCN1C(=O)c1cnc2cc(C)[nH]n2c1=O. The fraction of sp³-hybridized carbons (Fsp3) is 0.529. The quantitative estimate of drug-likeness (QED) is 0.841. The largest absolute Gasteiger partial charge is 0.466 e. The Morgan fingerprint density at radius 3 is 2.96 bits per heavy atom. The number of aryl methyl sites for hydroxylation is 1. The van der Waals surface area contributed by atoms with Gasteiger partial charge in [0.05, 0.1) is 13.0 Å². The van der Waals surface area contributed by atoms with Crippen molar-refractivity contribution < 1.29 is 14.3 Å². The molecule has 8 heteroatoms. The molecule has 0 bridgehead atoms. The van der Waals surface area contributed by atoms with E-state index in [1.807, 2.05) is 6.92 Å². The summed E-state index contributed by atoms with van der Waals surface area (Å²) in [4.78, 5) is 43.2. The van der Waals surface area contributed by atoms with Crippen LogP contribution in [0.1, 0.15) is 48.7 Å². The molecule has 1 atom stereocenters. The number of aromatic amines is 1. The highest BCUT2D eigenvalue weighted by Gasteiger charge is 2.31. The molecule has 8 nitrogen and oxygen atoms in total. The van der Waals surface area contributed by atoms with Crippen molar-refractivity contribution in [1.29, 1.82) is 0 Å². The Morgan fingerprint density at radius 2 is 2.20 bits per heavy atom. The molecule has 1 N–H and O–H groups in total. The van der Waals surface area contributed by atoms with E-state index in [0.29, 0.717) is 18.8 Å². The van der Waals surface area contributed by atoms with Gasteiger partial charge in [0.15, 0.2) is 5.65 Å². The normalized spacial score (nSPS) is 17.7. The molecule has 2 aromatic rings. The summed E-state index contributed by atoms with van der Waals surface area (Å²) in [5, 5.41) is 2.88. The van der Waals surface area contributed by atoms with E-state index >= 15 is 0 Å². The number of likely N-dealkylation sites (tertiary alicyclic amines) is 1. The number of nitrogens with zero attached hydrogens (tertiary/aromatic N) is 3. The second-order valence-electron chi connectivity index (χ2n) is 6.27. The van der Waals surface area contributed by atoms with Crippen LogP contribution in [0.5, 0.6) is 0 Å². The summed E-state index contributed by atoms with van der Waals surface area (Å²) in [5.74, 6) is -0.703. The molecule has 134 valence electrons. The van der Waals surface area contributed by atoms with Crippen LogP contribution in [-0.2, 0) is 9.53 Å². The Morgan fingerprint density at radius 1 is 1.40 bits per heavy atom. The van der Waals surface area contributed by atoms with Gasteiger partial charge in [-0.3, -0.25) is 19.5 Å². The first-order chi connectivity index (χ1) is 12.0. The van der Waals surface area contributed by atoms with Crippen molar-refractivity contribution in [3.63, 3.8) is 0 Å². The summed E-state index contributed by atoms with van der Waals surface area (Å²) < 4.78 is 6.27. The first-order valence-electron chi connectivity index (χ1n) is 8.55. The highest BCUT2D eigenvalue weighted by molar-refractivity contribution is 5.94. The van der Waals surface area contributed by atoms with Crippen LogP contribution in [0.4, 0.5) is 0 Å². The number of rotatable bonds is 4. The number of ether oxygens (including phenoxy) is 1. The summed E-state index contributed by atoms with van der Waals surface area (Å²) in [6, 6.07) is 1.49. The lowest BCUT2D eigenvalue weighted by Crippen LogP contribution is -2.46. The third kappa shape index (κ3) is 3.42. The van der Waals surface area contributed by atoms with Gasteiger partial charge in [-0.25, -0.2) is 9.50 Å². The van der Waals surface area contributed by atoms with Gasteiger partial charge in [-0.15, -0.1) is 0 Å². The van der Waals surface area contributed by atoms with Crippen molar-refractivity contribution in [1.82, 2.24) is 19.5 Å². The Bertz CT molecular complexity index is 854. The summed E-state index contributed by atoms with van der Waals surface area (Å²) in [7, 11) is 0. The smallest absolute Gasteiger partial charge is 0.307 e. The van der Waals surface area contributed by atoms with Gasteiger partial charge in [0.1, 0.15) is 5.56 Å². The van der Waals surface area contributed by atoms with Crippen molar-refractivity contribution >= 4 is 17.5 Å². The van der Waals surface area contributed by atoms with Crippen molar-refractivity contribution in [3.8, 4) is 0 Å². The lowest BCUT2D eigenvalue weighted by Gasteiger charge is -2.35. The van der Waals surface area contributed by atoms with Gasteiger partial charge in [-0.1, -0.05) is 0 Å². The fourth-order valence-corrected chi connectivity index (χ4v) is 3.27. The Hall–Kier alpha value is -2.64. The number of piperidine rings is 1.